The molecule has 98 valence electrons. The maximum absolute atomic E-state index is 2.31. The molecule has 0 aliphatic heterocycles. The predicted octanol–water partition coefficient (Wildman–Crippen LogP) is 3.48. The van der Waals surface area contributed by atoms with E-state index in [4.69, 9.17) is 0 Å². The van der Waals surface area contributed by atoms with Gasteiger partial charge in [0.1, 0.15) is 0 Å². The molecule has 0 radical (unpaired) electrons. The standard InChI is InChI=1S/C18H21N/c1-19(2)13-18-16-9-5-3-7-14(16)11-12-15-8-4-6-10-17(15)18/h3-10,18H,11-13H2,1-2H3. The monoisotopic (exact) mass is 251 g/mol. The van der Waals surface area contributed by atoms with Crippen molar-refractivity contribution in [1.29, 1.82) is 0 Å². The molecule has 19 heavy (non-hydrogen) atoms. The van der Waals surface area contributed by atoms with Crippen molar-refractivity contribution in [2.24, 2.45) is 0 Å². The highest BCUT2D eigenvalue weighted by atomic mass is 15.1. The smallest absolute Gasteiger partial charge is 0.0222 e. The van der Waals surface area contributed by atoms with Crippen LogP contribution in [0, 0.1) is 0 Å². The molecule has 0 saturated carbocycles. The lowest BCUT2D eigenvalue weighted by Gasteiger charge is -2.23. The Morgan fingerprint density at radius 2 is 1.32 bits per heavy atom. The van der Waals surface area contributed by atoms with Crippen LogP contribution >= 0.6 is 0 Å². The van der Waals surface area contributed by atoms with Gasteiger partial charge in [-0.3, -0.25) is 0 Å². The normalized spacial score (nSPS) is 14.9. The quantitative estimate of drug-likeness (QED) is 0.790. The molecule has 1 aliphatic rings. The molecule has 0 spiro atoms. The van der Waals surface area contributed by atoms with Gasteiger partial charge in [-0.05, 0) is 49.2 Å². The summed E-state index contributed by atoms with van der Waals surface area (Å²) in [5, 5.41) is 0. The van der Waals surface area contributed by atoms with Crippen LogP contribution in [0.5, 0.6) is 0 Å². The van der Waals surface area contributed by atoms with E-state index in [-0.39, 0.29) is 0 Å². The lowest BCUT2D eigenvalue weighted by atomic mass is 9.88. The third-order valence-corrected chi connectivity index (χ3v) is 4.07. The van der Waals surface area contributed by atoms with Gasteiger partial charge in [0.05, 0.1) is 0 Å². The minimum atomic E-state index is 0.505. The lowest BCUT2D eigenvalue weighted by molar-refractivity contribution is 0.391. The van der Waals surface area contributed by atoms with Crippen molar-refractivity contribution >= 4 is 0 Å². The molecule has 1 heteroatoms. The Hall–Kier alpha value is -1.60. The molecule has 0 N–H and O–H groups in total. The Bertz CT molecular complexity index is 524. The third-order valence-electron chi connectivity index (χ3n) is 4.07. The van der Waals surface area contributed by atoms with Crippen LogP contribution in [0.4, 0.5) is 0 Å². The van der Waals surface area contributed by atoms with Crippen molar-refractivity contribution in [2.45, 2.75) is 18.8 Å². The van der Waals surface area contributed by atoms with Crippen molar-refractivity contribution in [1.82, 2.24) is 4.90 Å². The molecule has 1 nitrogen and oxygen atoms in total. The van der Waals surface area contributed by atoms with E-state index in [1.54, 1.807) is 0 Å². The fourth-order valence-corrected chi connectivity index (χ4v) is 3.20. The van der Waals surface area contributed by atoms with Crippen LogP contribution in [-0.4, -0.2) is 25.5 Å². The number of likely N-dealkylation sites (N-methyl/N-ethyl adjacent to an activating group) is 1. The number of fused-ring (bicyclic) bond motifs is 2. The summed E-state index contributed by atoms with van der Waals surface area (Å²) in [5.74, 6) is 0.505. The number of hydrogen-bond acceptors (Lipinski definition) is 1. The molecular formula is C18H21N. The zero-order valence-electron chi connectivity index (χ0n) is 11.8. The van der Waals surface area contributed by atoms with E-state index >= 15 is 0 Å². The van der Waals surface area contributed by atoms with Gasteiger partial charge in [0.15, 0.2) is 0 Å². The molecule has 3 rings (SSSR count). The SMILES string of the molecule is CN(C)CC1c2ccccc2CCc2ccccc21. The van der Waals surface area contributed by atoms with Crippen molar-refractivity contribution in [2.75, 3.05) is 20.6 Å². The summed E-state index contributed by atoms with van der Waals surface area (Å²) in [4.78, 5) is 2.30. The molecule has 0 unspecified atom stereocenters. The summed E-state index contributed by atoms with van der Waals surface area (Å²) < 4.78 is 0. The van der Waals surface area contributed by atoms with Gasteiger partial charge >= 0.3 is 0 Å². The largest absolute Gasteiger partial charge is 0.308 e. The van der Waals surface area contributed by atoms with Gasteiger partial charge < -0.3 is 4.90 Å². The van der Waals surface area contributed by atoms with Gasteiger partial charge in [-0.1, -0.05) is 48.5 Å². The van der Waals surface area contributed by atoms with Crippen molar-refractivity contribution in [3.8, 4) is 0 Å². The number of benzene rings is 2. The van der Waals surface area contributed by atoms with Crippen molar-refractivity contribution in [3.63, 3.8) is 0 Å². The first-order valence-corrected chi connectivity index (χ1v) is 7.06. The van der Waals surface area contributed by atoms with Crippen LogP contribution in [0.1, 0.15) is 28.2 Å². The number of rotatable bonds is 2. The van der Waals surface area contributed by atoms with E-state index in [2.05, 4.69) is 67.5 Å². The highest BCUT2D eigenvalue weighted by Crippen LogP contribution is 2.34. The average Bonchev–Trinajstić information content (AvgIpc) is 2.57. The fraction of sp³-hybridized carbons (Fsp3) is 0.333. The Morgan fingerprint density at radius 3 is 1.79 bits per heavy atom. The van der Waals surface area contributed by atoms with Crippen LogP contribution in [0.3, 0.4) is 0 Å². The molecular weight excluding hydrogens is 230 g/mol. The van der Waals surface area contributed by atoms with Crippen LogP contribution < -0.4 is 0 Å². The second kappa shape index (κ2) is 5.18. The van der Waals surface area contributed by atoms with Crippen molar-refractivity contribution in [3.05, 3.63) is 70.8 Å². The maximum atomic E-state index is 2.31. The summed E-state index contributed by atoms with van der Waals surface area (Å²) in [6, 6.07) is 17.9. The zero-order valence-corrected chi connectivity index (χ0v) is 11.8. The molecule has 2 aromatic carbocycles. The van der Waals surface area contributed by atoms with Crippen LogP contribution in [-0.2, 0) is 12.8 Å². The average molecular weight is 251 g/mol. The molecule has 0 atom stereocenters. The zero-order chi connectivity index (χ0) is 13.2. The number of aryl methyl sites for hydroxylation is 2. The van der Waals surface area contributed by atoms with Crippen molar-refractivity contribution < 1.29 is 0 Å². The fourth-order valence-electron chi connectivity index (χ4n) is 3.20. The van der Waals surface area contributed by atoms with Gasteiger partial charge in [-0.25, -0.2) is 0 Å². The van der Waals surface area contributed by atoms with E-state index in [1.807, 2.05) is 0 Å². The van der Waals surface area contributed by atoms with Gasteiger partial charge in [-0.2, -0.15) is 0 Å². The van der Waals surface area contributed by atoms with Gasteiger partial charge in [-0.15, -0.1) is 0 Å². The van der Waals surface area contributed by atoms with Crippen LogP contribution in [0.25, 0.3) is 0 Å². The summed E-state index contributed by atoms with van der Waals surface area (Å²) in [6.45, 7) is 1.08. The first-order chi connectivity index (χ1) is 9.25. The van der Waals surface area contributed by atoms with E-state index < -0.39 is 0 Å². The van der Waals surface area contributed by atoms with E-state index in [0.29, 0.717) is 5.92 Å². The summed E-state index contributed by atoms with van der Waals surface area (Å²) >= 11 is 0. The summed E-state index contributed by atoms with van der Waals surface area (Å²) in [6.07, 6.45) is 2.33. The van der Waals surface area contributed by atoms with Crippen LogP contribution in [0.2, 0.25) is 0 Å². The predicted molar refractivity (Wildman–Crippen MR) is 80.7 cm³/mol. The summed E-state index contributed by atoms with van der Waals surface area (Å²) in [7, 11) is 4.33. The molecule has 0 saturated heterocycles. The lowest BCUT2D eigenvalue weighted by Crippen LogP contribution is -2.22. The molecule has 2 aromatic rings. The van der Waals surface area contributed by atoms with Gasteiger partial charge in [0, 0.05) is 12.5 Å². The topological polar surface area (TPSA) is 3.24 Å². The second-order valence-corrected chi connectivity index (χ2v) is 5.71. The maximum Gasteiger partial charge on any atom is 0.0222 e. The Labute approximate surface area is 115 Å². The minimum Gasteiger partial charge on any atom is -0.308 e. The molecule has 0 bridgehead atoms. The van der Waals surface area contributed by atoms with E-state index in [1.165, 1.54) is 22.3 Å². The third kappa shape index (κ3) is 2.43. The first-order valence-electron chi connectivity index (χ1n) is 7.06. The number of hydrogen-bond donors (Lipinski definition) is 0. The Balaban J connectivity index is 2.13. The molecule has 0 amide bonds. The Morgan fingerprint density at radius 1 is 0.842 bits per heavy atom. The van der Waals surface area contributed by atoms with E-state index in [9.17, 15) is 0 Å². The van der Waals surface area contributed by atoms with Gasteiger partial charge in [0.2, 0.25) is 0 Å². The van der Waals surface area contributed by atoms with Crippen LogP contribution in [0.15, 0.2) is 48.5 Å². The first kappa shape index (κ1) is 12.4. The highest BCUT2D eigenvalue weighted by Gasteiger charge is 2.23. The van der Waals surface area contributed by atoms with E-state index in [0.717, 1.165) is 19.4 Å². The second-order valence-electron chi connectivity index (χ2n) is 5.71. The minimum absolute atomic E-state index is 0.505. The molecule has 0 aromatic heterocycles. The highest BCUT2D eigenvalue weighted by molar-refractivity contribution is 5.45. The number of nitrogens with zero attached hydrogens (tertiary/aromatic N) is 1. The van der Waals surface area contributed by atoms with Gasteiger partial charge in [0.25, 0.3) is 0 Å². The summed E-state index contributed by atoms with van der Waals surface area (Å²) in [5.41, 5.74) is 6.07. The molecule has 1 aliphatic carbocycles. The molecule has 0 heterocycles. The Kier molecular flexibility index (Phi) is 3.39. The molecule has 0 fully saturated rings.